The molecule has 2 aromatic heterocycles. The molecular weight excluding hydrogens is 366 g/mol. The second-order valence-corrected chi connectivity index (χ2v) is 8.07. The molecule has 0 unspecified atom stereocenters. The average molecular weight is 390 g/mol. The van der Waals surface area contributed by atoms with Gasteiger partial charge in [0.1, 0.15) is 22.7 Å². The normalized spacial score (nSPS) is 11.3. The highest BCUT2D eigenvalue weighted by atomic mass is 32.2. The molecule has 0 saturated heterocycles. The lowest BCUT2D eigenvalue weighted by molar-refractivity contribution is 0.415. The standard InChI is InChI=1S/C23H23N3OS/c1-16(2)14-28-23-21-20(17-7-5-4-6-8-17)13-26(22(21)24-15-25-23)18-9-11-19(27-3)12-10-18/h4-13,15-16H,14H2,1-3H3. The molecular formula is C23H23N3OS. The van der Waals surface area contributed by atoms with Gasteiger partial charge < -0.3 is 9.30 Å². The SMILES string of the molecule is COc1ccc(-n2cc(-c3ccccc3)c3c(SCC(C)C)ncnc32)cc1. The number of nitrogens with zero attached hydrogens (tertiary/aromatic N) is 3. The Labute approximate surface area is 169 Å². The first-order chi connectivity index (χ1) is 13.7. The van der Waals surface area contributed by atoms with E-state index < -0.39 is 0 Å². The van der Waals surface area contributed by atoms with Crippen molar-refractivity contribution in [3.63, 3.8) is 0 Å². The summed E-state index contributed by atoms with van der Waals surface area (Å²) in [5.41, 5.74) is 4.29. The van der Waals surface area contributed by atoms with Crippen molar-refractivity contribution in [1.82, 2.24) is 14.5 Å². The van der Waals surface area contributed by atoms with E-state index in [4.69, 9.17) is 4.74 Å². The molecule has 28 heavy (non-hydrogen) atoms. The van der Waals surface area contributed by atoms with Gasteiger partial charge in [0.2, 0.25) is 0 Å². The predicted octanol–water partition coefficient (Wildman–Crippen LogP) is 5.84. The van der Waals surface area contributed by atoms with Gasteiger partial charge in [-0.1, -0.05) is 44.2 Å². The van der Waals surface area contributed by atoms with Crippen LogP contribution in [-0.2, 0) is 0 Å². The lowest BCUT2D eigenvalue weighted by Crippen LogP contribution is -1.96. The van der Waals surface area contributed by atoms with Gasteiger partial charge in [-0.2, -0.15) is 0 Å². The van der Waals surface area contributed by atoms with Crippen LogP contribution in [0.3, 0.4) is 0 Å². The number of aromatic nitrogens is 3. The Balaban J connectivity index is 1.92. The number of rotatable bonds is 6. The third kappa shape index (κ3) is 3.62. The summed E-state index contributed by atoms with van der Waals surface area (Å²) in [5.74, 6) is 2.46. The number of ether oxygens (including phenoxy) is 1. The van der Waals surface area contributed by atoms with Crippen molar-refractivity contribution in [3.8, 4) is 22.6 Å². The molecule has 0 aliphatic carbocycles. The van der Waals surface area contributed by atoms with Crippen molar-refractivity contribution in [2.75, 3.05) is 12.9 Å². The molecule has 4 rings (SSSR count). The molecule has 0 atom stereocenters. The van der Waals surface area contributed by atoms with E-state index >= 15 is 0 Å². The van der Waals surface area contributed by atoms with Crippen molar-refractivity contribution in [1.29, 1.82) is 0 Å². The number of hydrogen-bond acceptors (Lipinski definition) is 4. The predicted molar refractivity (Wildman–Crippen MR) is 116 cm³/mol. The van der Waals surface area contributed by atoms with Crippen LogP contribution in [0.1, 0.15) is 13.8 Å². The molecule has 0 N–H and O–H groups in total. The van der Waals surface area contributed by atoms with Crippen LogP contribution in [0, 0.1) is 5.92 Å². The Morgan fingerprint density at radius 1 is 1.00 bits per heavy atom. The van der Waals surface area contributed by atoms with Crippen LogP contribution in [-0.4, -0.2) is 27.4 Å². The summed E-state index contributed by atoms with van der Waals surface area (Å²) < 4.78 is 7.44. The van der Waals surface area contributed by atoms with Gasteiger partial charge in [0.25, 0.3) is 0 Å². The minimum Gasteiger partial charge on any atom is -0.497 e. The monoisotopic (exact) mass is 389 g/mol. The molecule has 0 aliphatic rings. The van der Waals surface area contributed by atoms with Gasteiger partial charge >= 0.3 is 0 Å². The first-order valence-electron chi connectivity index (χ1n) is 9.36. The Morgan fingerprint density at radius 3 is 2.43 bits per heavy atom. The molecule has 0 saturated carbocycles. The third-order valence-corrected chi connectivity index (χ3v) is 5.95. The smallest absolute Gasteiger partial charge is 0.149 e. The van der Waals surface area contributed by atoms with E-state index in [1.807, 2.05) is 18.2 Å². The fourth-order valence-electron chi connectivity index (χ4n) is 3.17. The van der Waals surface area contributed by atoms with E-state index in [1.54, 1.807) is 25.2 Å². The summed E-state index contributed by atoms with van der Waals surface area (Å²) in [6.07, 6.45) is 3.83. The number of hydrogen-bond donors (Lipinski definition) is 0. The van der Waals surface area contributed by atoms with Crippen molar-refractivity contribution >= 4 is 22.8 Å². The van der Waals surface area contributed by atoms with Gasteiger partial charge in [-0.05, 0) is 35.7 Å². The maximum absolute atomic E-state index is 5.30. The van der Waals surface area contributed by atoms with Gasteiger partial charge in [0.15, 0.2) is 0 Å². The van der Waals surface area contributed by atoms with Gasteiger partial charge in [-0.25, -0.2) is 9.97 Å². The van der Waals surface area contributed by atoms with E-state index in [-0.39, 0.29) is 0 Å². The molecule has 2 heterocycles. The summed E-state index contributed by atoms with van der Waals surface area (Å²) in [6.45, 7) is 4.46. The van der Waals surface area contributed by atoms with Gasteiger partial charge in [-0.3, -0.25) is 0 Å². The number of fused-ring (bicyclic) bond motifs is 1. The van der Waals surface area contributed by atoms with Crippen molar-refractivity contribution in [2.45, 2.75) is 18.9 Å². The maximum atomic E-state index is 5.30. The summed E-state index contributed by atoms with van der Waals surface area (Å²) >= 11 is 1.80. The highest BCUT2D eigenvalue weighted by Gasteiger charge is 2.17. The number of thioether (sulfide) groups is 1. The highest BCUT2D eigenvalue weighted by Crippen LogP contribution is 2.37. The Kier molecular flexibility index (Phi) is 5.35. The van der Waals surface area contributed by atoms with Crippen molar-refractivity contribution in [2.24, 2.45) is 5.92 Å². The van der Waals surface area contributed by atoms with Crippen LogP contribution in [0.25, 0.3) is 27.8 Å². The van der Waals surface area contributed by atoms with Crippen molar-refractivity contribution < 1.29 is 4.74 Å². The molecule has 0 aliphatic heterocycles. The third-order valence-electron chi connectivity index (χ3n) is 4.54. The fraction of sp³-hybridized carbons (Fsp3) is 0.217. The number of benzene rings is 2. The highest BCUT2D eigenvalue weighted by molar-refractivity contribution is 7.99. The van der Waals surface area contributed by atoms with Crippen LogP contribution >= 0.6 is 11.8 Å². The zero-order valence-corrected chi connectivity index (χ0v) is 17.1. The quantitative estimate of drug-likeness (QED) is 0.307. The molecule has 0 bridgehead atoms. The molecule has 4 aromatic rings. The second kappa shape index (κ2) is 8.07. The van der Waals surface area contributed by atoms with E-state index in [2.05, 4.69) is 71.0 Å². The molecule has 0 radical (unpaired) electrons. The Bertz CT molecular complexity index is 1070. The summed E-state index contributed by atoms with van der Waals surface area (Å²) in [6, 6.07) is 18.5. The van der Waals surface area contributed by atoms with Crippen molar-refractivity contribution in [3.05, 3.63) is 67.1 Å². The Morgan fingerprint density at radius 2 is 1.75 bits per heavy atom. The fourth-order valence-corrected chi connectivity index (χ4v) is 4.12. The summed E-state index contributed by atoms with van der Waals surface area (Å²) in [4.78, 5) is 9.26. The van der Waals surface area contributed by atoms with Crippen LogP contribution in [0.15, 0.2) is 72.1 Å². The summed E-state index contributed by atoms with van der Waals surface area (Å²) in [5, 5.41) is 2.14. The average Bonchev–Trinajstić information content (AvgIpc) is 3.13. The van der Waals surface area contributed by atoms with Gasteiger partial charge in [-0.15, -0.1) is 11.8 Å². The summed E-state index contributed by atoms with van der Waals surface area (Å²) in [7, 11) is 1.68. The minimum absolute atomic E-state index is 0.596. The zero-order chi connectivity index (χ0) is 19.5. The van der Waals surface area contributed by atoms with E-state index in [0.717, 1.165) is 38.8 Å². The molecule has 5 heteroatoms. The zero-order valence-electron chi connectivity index (χ0n) is 16.3. The van der Waals surface area contributed by atoms with Gasteiger partial charge in [0, 0.05) is 23.2 Å². The minimum atomic E-state index is 0.596. The molecule has 2 aromatic carbocycles. The topological polar surface area (TPSA) is 39.9 Å². The van der Waals surface area contributed by atoms with Crippen LogP contribution in [0.5, 0.6) is 5.75 Å². The second-order valence-electron chi connectivity index (χ2n) is 7.06. The number of methoxy groups -OCH3 is 1. The molecule has 142 valence electrons. The Hall–Kier alpha value is -2.79. The van der Waals surface area contributed by atoms with Crippen LogP contribution in [0.2, 0.25) is 0 Å². The van der Waals surface area contributed by atoms with E-state index in [0.29, 0.717) is 5.92 Å². The molecule has 0 spiro atoms. The molecule has 0 amide bonds. The maximum Gasteiger partial charge on any atom is 0.149 e. The lowest BCUT2D eigenvalue weighted by Gasteiger charge is -2.08. The van der Waals surface area contributed by atoms with Gasteiger partial charge in [0.05, 0.1) is 12.5 Å². The van der Waals surface area contributed by atoms with E-state index in [1.165, 1.54) is 5.56 Å². The largest absolute Gasteiger partial charge is 0.497 e. The lowest BCUT2D eigenvalue weighted by atomic mass is 10.1. The molecule has 4 nitrogen and oxygen atoms in total. The first-order valence-corrected chi connectivity index (χ1v) is 10.3. The van der Waals surface area contributed by atoms with E-state index in [9.17, 15) is 0 Å². The molecule has 0 fully saturated rings. The first kappa shape index (κ1) is 18.6. The van der Waals surface area contributed by atoms with Crippen LogP contribution in [0.4, 0.5) is 0 Å². The van der Waals surface area contributed by atoms with Crippen LogP contribution < -0.4 is 4.74 Å².